The first kappa shape index (κ1) is 18.0. The SMILES string of the molecule is CCOC(=O)c1ccc(-c2ccc(/C=C3\SC(=NC)N(C)C3=O)o2)cc1. The number of carbonyl (C=O) groups excluding carboxylic acids is 2. The summed E-state index contributed by atoms with van der Waals surface area (Å²) >= 11 is 1.31. The first-order valence-electron chi connectivity index (χ1n) is 8.05. The zero-order valence-corrected chi connectivity index (χ0v) is 15.5. The number of likely N-dealkylation sites (N-methyl/N-ethyl adjacent to an activating group) is 1. The molecule has 0 atom stereocenters. The highest BCUT2D eigenvalue weighted by Gasteiger charge is 2.30. The highest BCUT2D eigenvalue weighted by atomic mass is 32.2. The number of nitrogens with zero attached hydrogens (tertiary/aromatic N) is 2. The van der Waals surface area contributed by atoms with Gasteiger partial charge in [0, 0.05) is 25.7 Å². The number of ether oxygens (including phenoxy) is 1. The number of carbonyl (C=O) groups is 2. The molecule has 7 heteroatoms. The van der Waals surface area contributed by atoms with Gasteiger partial charge >= 0.3 is 5.97 Å². The minimum Gasteiger partial charge on any atom is -0.462 e. The fraction of sp³-hybridized carbons (Fsp3) is 0.211. The Bertz CT molecular complexity index is 897. The van der Waals surface area contributed by atoms with E-state index in [2.05, 4.69) is 4.99 Å². The average molecular weight is 370 g/mol. The zero-order chi connectivity index (χ0) is 18.7. The fourth-order valence-corrected chi connectivity index (χ4v) is 3.36. The summed E-state index contributed by atoms with van der Waals surface area (Å²) in [5.41, 5.74) is 1.33. The van der Waals surface area contributed by atoms with E-state index in [4.69, 9.17) is 9.15 Å². The number of benzene rings is 1. The van der Waals surface area contributed by atoms with Crippen LogP contribution in [0.5, 0.6) is 0 Å². The van der Waals surface area contributed by atoms with Gasteiger partial charge in [-0.05, 0) is 43.0 Å². The standard InChI is InChI=1S/C19H18N2O4S/c1-4-24-18(23)13-7-5-12(6-8-13)15-10-9-14(25-15)11-16-17(22)21(3)19(20-2)26-16/h5-11H,4H2,1-3H3/b16-11-,20-19?. The molecule has 1 aliphatic rings. The summed E-state index contributed by atoms with van der Waals surface area (Å²) in [7, 11) is 3.34. The highest BCUT2D eigenvalue weighted by molar-refractivity contribution is 8.18. The maximum absolute atomic E-state index is 12.2. The van der Waals surface area contributed by atoms with Crippen LogP contribution in [0.4, 0.5) is 0 Å². The Hall–Kier alpha value is -2.80. The molecule has 0 saturated carbocycles. The van der Waals surface area contributed by atoms with E-state index in [0.29, 0.717) is 33.8 Å². The van der Waals surface area contributed by atoms with Crippen LogP contribution in [-0.2, 0) is 9.53 Å². The second kappa shape index (κ2) is 7.61. The summed E-state index contributed by atoms with van der Waals surface area (Å²) in [5, 5.41) is 0.655. The number of rotatable bonds is 4. The molecule has 2 aromatic rings. The van der Waals surface area contributed by atoms with Crippen LogP contribution >= 0.6 is 11.8 Å². The van der Waals surface area contributed by atoms with Crippen molar-refractivity contribution in [2.24, 2.45) is 4.99 Å². The van der Waals surface area contributed by atoms with Crippen molar-refractivity contribution in [1.29, 1.82) is 0 Å². The van der Waals surface area contributed by atoms with Crippen LogP contribution in [0.3, 0.4) is 0 Å². The highest BCUT2D eigenvalue weighted by Crippen LogP contribution is 2.32. The Morgan fingerprint density at radius 2 is 2.00 bits per heavy atom. The van der Waals surface area contributed by atoms with Gasteiger partial charge in [-0.25, -0.2) is 4.79 Å². The lowest BCUT2D eigenvalue weighted by atomic mass is 10.1. The molecule has 1 amide bonds. The molecule has 0 unspecified atom stereocenters. The van der Waals surface area contributed by atoms with Gasteiger partial charge in [0.2, 0.25) is 0 Å². The molecule has 0 bridgehead atoms. The van der Waals surface area contributed by atoms with E-state index >= 15 is 0 Å². The summed E-state index contributed by atoms with van der Waals surface area (Å²) in [5.74, 6) is 0.780. The van der Waals surface area contributed by atoms with E-state index in [9.17, 15) is 9.59 Å². The maximum Gasteiger partial charge on any atom is 0.338 e. The van der Waals surface area contributed by atoms with Gasteiger partial charge in [0.1, 0.15) is 11.5 Å². The van der Waals surface area contributed by atoms with Gasteiger partial charge in [-0.1, -0.05) is 12.1 Å². The number of amidine groups is 1. The van der Waals surface area contributed by atoms with Crippen molar-refractivity contribution < 1.29 is 18.7 Å². The molecule has 26 heavy (non-hydrogen) atoms. The van der Waals surface area contributed by atoms with Gasteiger partial charge in [0.05, 0.1) is 17.1 Å². The maximum atomic E-state index is 12.2. The van der Waals surface area contributed by atoms with Crippen molar-refractivity contribution in [3.8, 4) is 11.3 Å². The molecule has 3 rings (SSSR count). The molecule has 134 valence electrons. The monoisotopic (exact) mass is 370 g/mol. The summed E-state index contributed by atoms with van der Waals surface area (Å²) in [6, 6.07) is 10.6. The van der Waals surface area contributed by atoms with E-state index in [1.807, 2.05) is 6.07 Å². The van der Waals surface area contributed by atoms with Gasteiger partial charge in [-0.2, -0.15) is 0 Å². The van der Waals surface area contributed by atoms with Crippen molar-refractivity contribution in [2.75, 3.05) is 20.7 Å². The van der Waals surface area contributed by atoms with Crippen molar-refractivity contribution >= 4 is 34.9 Å². The number of amides is 1. The Kier molecular flexibility index (Phi) is 5.27. The smallest absolute Gasteiger partial charge is 0.338 e. The van der Waals surface area contributed by atoms with Crippen LogP contribution in [0.2, 0.25) is 0 Å². The van der Waals surface area contributed by atoms with E-state index in [1.165, 1.54) is 16.7 Å². The molecule has 0 aliphatic carbocycles. The third-order valence-corrected chi connectivity index (χ3v) is 4.93. The molecule has 1 aromatic heterocycles. The normalized spacial score (nSPS) is 17.3. The molecular formula is C19H18N2O4S. The predicted octanol–water partition coefficient (Wildman–Crippen LogP) is 3.66. The van der Waals surface area contributed by atoms with Gasteiger partial charge in [-0.15, -0.1) is 0 Å². The van der Waals surface area contributed by atoms with Crippen molar-refractivity contribution in [3.63, 3.8) is 0 Å². The molecule has 1 saturated heterocycles. The van der Waals surface area contributed by atoms with E-state index in [-0.39, 0.29) is 11.9 Å². The minimum absolute atomic E-state index is 0.104. The largest absolute Gasteiger partial charge is 0.462 e. The van der Waals surface area contributed by atoms with Crippen LogP contribution in [0.15, 0.2) is 50.7 Å². The number of furan rings is 1. The summed E-state index contributed by atoms with van der Waals surface area (Å²) in [6.45, 7) is 2.11. The average Bonchev–Trinajstić information content (AvgIpc) is 3.22. The first-order chi connectivity index (χ1) is 12.5. The van der Waals surface area contributed by atoms with E-state index in [1.54, 1.807) is 57.4 Å². The quantitative estimate of drug-likeness (QED) is 0.607. The van der Waals surface area contributed by atoms with Crippen LogP contribution in [0, 0.1) is 0 Å². The molecule has 2 heterocycles. The second-order valence-electron chi connectivity index (χ2n) is 5.48. The van der Waals surface area contributed by atoms with Gasteiger partial charge in [0.25, 0.3) is 5.91 Å². The van der Waals surface area contributed by atoms with Crippen LogP contribution in [-0.4, -0.2) is 42.6 Å². The fourth-order valence-electron chi connectivity index (χ4n) is 2.45. The lowest BCUT2D eigenvalue weighted by Gasteiger charge is -2.04. The molecule has 0 spiro atoms. The number of hydrogen-bond acceptors (Lipinski definition) is 6. The van der Waals surface area contributed by atoms with Crippen LogP contribution in [0.1, 0.15) is 23.0 Å². The molecule has 1 aliphatic heterocycles. The predicted molar refractivity (Wildman–Crippen MR) is 102 cm³/mol. The Balaban J connectivity index is 1.79. The summed E-state index contributed by atoms with van der Waals surface area (Å²) < 4.78 is 10.8. The third-order valence-electron chi connectivity index (χ3n) is 3.78. The topological polar surface area (TPSA) is 72.1 Å². The Morgan fingerprint density at radius 1 is 1.27 bits per heavy atom. The van der Waals surface area contributed by atoms with E-state index in [0.717, 1.165) is 5.56 Å². The van der Waals surface area contributed by atoms with Crippen molar-refractivity contribution in [3.05, 3.63) is 52.6 Å². The van der Waals surface area contributed by atoms with Gasteiger partial charge in [0.15, 0.2) is 5.17 Å². The second-order valence-corrected chi connectivity index (χ2v) is 6.49. The minimum atomic E-state index is -0.349. The van der Waals surface area contributed by atoms with Crippen molar-refractivity contribution in [1.82, 2.24) is 4.90 Å². The Morgan fingerprint density at radius 3 is 2.62 bits per heavy atom. The first-order valence-corrected chi connectivity index (χ1v) is 8.87. The molecule has 6 nitrogen and oxygen atoms in total. The lowest BCUT2D eigenvalue weighted by Crippen LogP contribution is -2.23. The Labute approximate surface area is 155 Å². The zero-order valence-electron chi connectivity index (χ0n) is 14.7. The molecule has 1 aromatic carbocycles. The number of thioether (sulfide) groups is 1. The summed E-state index contributed by atoms with van der Waals surface area (Å²) in [4.78, 5) is 30.0. The lowest BCUT2D eigenvalue weighted by molar-refractivity contribution is -0.121. The van der Waals surface area contributed by atoms with Crippen LogP contribution in [0.25, 0.3) is 17.4 Å². The van der Waals surface area contributed by atoms with Crippen LogP contribution < -0.4 is 0 Å². The number of hydrogen-bond donors (Lipinski definition) is 0. The molecular weight excluding hydrogens is 352 g/mol. The molecule has 0 radical (unpaired) electrons. The third kappa shape index (κ3) is 3.57. The van der Waals surface area contributed by atoms with Crippen molar-refractivity contribution in [2.45, 2.75) is 6.92 Å². The van der Waals surface area contributed by atoms with Gasteiger partial charge in [-0.3, -0.25) is 14.7 Å². The summed E-state index contributed by atoms with van der Waals surface area (Å²) in [6.07, 6.45) is 1.71. The van der Waals surface area contributed by atoms with E-state index < -0.39 is 0 Å². The number of esters is 1. The molecule has 1 fully saturated rings. The number of aliphatic imine (C=N–C) groups is 1. The van der Waals surface area contributed by atoms with Gasteiger partial charge < -0.3 is 9.15 Å². The molecule has 0 N–H and O–H groups in total.